The minimum Gasteiger partial charge on any atom is -0.464 e. The molecule has 118 valence electrons. The quantitative estimate of drug-likeness (QED) is 0.495. The Morgan fingerprint density at radius 2 is 2.00 bits per heavy atom. The van der Waals surface area contributed by atoms with Gasteiger partial charge in [0.25, 0.3) is 5.91 Å². The summed E-state index contributed by atoms with van der Waals surface area (Å²) in [4.78, 5) is 37.3. The lowest BCUT2D eigenvalue weighted by Gasteiger charge is -2.20. The molecule has 0 aromatic heterocycles. The van der Waals surface area contributed by atoms with Crippen LogP contribution in [-0.2, 0) is 14.3 Å². The molecule has 0 spiro atoms. The van der Waals surface area contributed by atoms with Gasteiger partial charge in [-0.05, 0) is 18.9 Å². The number of rotatable bonds is 6. The lowest BCUT2D eigenvalue weighted by atomic mass is 10.1. The lowest BCUT2D eigenvalue weighted by Crippen LogP contribution is -2.44. The molecule has 1 aliphatic heterocycles. The van der Waals surface area contributed by atoms with Crippen molar-refractivity contribution in [1.82, 2.24) is 10.2 Å². The number of carbonyl (C=O) groups excluding carboxylic acids is 3. The Morgan fingerprint density at radius 1 is 1.32 bits per heavy atom. The Labute approximate surface area is 129 Å². The fourth-order valence-electron chi connectivity index (χ4n) is 2.28. The van der Waals surface area contributed by atoms with Crippen LogP contribution in [-0.4, -0.2) is 35.5 Å². The van der Waals surface area contributed by atoms with Crippen molar-refractivity contribution in [3.8, 4) is 0 Å². The van der Waals surface area contributed by atoms with Gasteiger partial charge in [0.15, 0.2) is 0 Å². The SMILES string of the molecule is CCCCOC(=O)C(C)N1C(=O)NC(c2ccccc2)C1=O. The van der Waals surface area contributed by atoms with E-state index >= 15 is 0 Å². The molecule has 1 N–H and O–H groups in total. The van der Waals surface area contributed by atoms with E-state index in [0.29, 0.717) is 12.2 Å². The number of unbranched alkanes of at least 4 members (excludes halogenated alkanes) is 1. The molecule has 6 heteroatoms. The van der Waals surface area contributed by atoms with E-state index < -0.39 is 30.0 Å². The predicted molar refractivity (Wildman–Crippen MR) is 79.9 cm³/mol. The number of amides is 3. The van der Waals surface area contributed by atoms with Gasteiger partial charge in [0.2, 0.25) is 0 Å². The number of imide groups is 1. The van der Waals surface area contributed by atoms with Crippen molar-refractivity contribution in [2.75, 3.05) is 6.61 Å². The molecule has 1 aliphatic rings. The van der Waals surface area contributed by atoms with E-state index in [1.807, 2.05) is 13.0 Å². The second kappa shape index (κ2) is 7.06. The summed E-state index contributed by atoms with van der Waals surface area (Å²) in [6, 6.07) is 6.68. The summed E-state index contributed by atoms with van der Waals surface area (Å²) in [7, 11) is 0. The highest BCUT2D eigenvalue weighted by molar-refractivity contribution is 6.07. The van der Waals surface area contributed by atoms with Crippen LogP contribution >= 0.6 is 0 Å². The molecule has 3 amide bonds. The Hall–Kier alpha value is -2.37. The van der Waals surface area contributed by atoms with Crippen molar-refractivity contribution in [2.45, 2.75) is 38.8 Å². The predicted octanol–water partition coefficient (Wildman–Crippen LogP) is 2.01. The van der Waals surface area contributed by atoms with Crippen LogP contribution in [0.2, 0.25) is 0 Å². The summed E-state index contributed by atoms with van der Waals surface area (Å²) < 4.78 is 5.08. The van der Waals surface area contributed by atoms with Gasteiger partial charge in [-0.3, -0.25) is 4.79 Å². The Kier molecular flexibility index (Phi) is 5.14. The highest BCUT2D eigenvalue weighted by Crippen LogP contribution is 2.23. The van der Waals surface area contributed by atoms with Gasteiger partial charge in [-0.1, -0.05) is 43.7 Å². The summed E-state index contributed by atoms with van der Waals surface area (Å²) in [5.41, 5.74) is 0.690. The molecular formula is C16H20N2O4. The zero-order chi connectivity index (χ0) is 16.1. The summed E-state index contributed by atoms with van der Waals surface area (Å²) >= 11 is 0. The standard InChI is InChI=1S/C16H20N2O4/c1-3-4-10-22-15(20)11(2)18-14(19)13(17-16(18)21)12-8-6-5-7-9-12/h5-9,11,13H,3-4,10H2,1-2H3,(H,17,21). The molecule has 0 bridgehead atoms. The monoisotopic (exact) mass is 304 g/mol. The van der Waals surface area contributed by atoms with Crippen LogP contribution in [0, 0.1) is 0 Å². The lowest BCUT2D eigenvalue weighted by molar-refractivity contribution is -0.151. The molecule has 22 heavy (non-hydrogen) atoms. The van der Waals surface area contributed by atoms with Crippen LogP contribution < -0.4 is 5.32 Å². The Balaban J connectivity index is 2.07. The van der Waals surface area contributed by atoms with Crippen LogP contribution in [0.3, 0.4) is 0 Å². The van der Waals surface area contributed by atoms with Crippen molar-refractivity contribution in [3.05, 3.63) is 35.9 Å². The average molecular weight is 304 g/mol. The van der Waals surface area contributed by atoms with E-state index in [4.69, 9.17) is 4.74 Å². The maximum Gasteiger partial charge on any atom is 0.329 e. The number of benzene rings is 1. The first-order chi connectivity index (χ1) is 10.6. The van der Waals surface area contributed by atoms with Gasteiger partial charge in [0.1, 0.15) is 12.1 Å². The van der Waals surface area contributed by atoms with Crippen LogP contribution in [0.1, 0.15) is 38.3 Å². The van der Waals surface area contributed by atoms with Gasteiger partial charge < -0.3 is 10.1 Å². The van der Waals surface area contributed by atoms with Gasteiger partial charge in [-0.15, -0.1) is 0 Å². The molecule has 1 saturated heterocycles. The number of nitrogens with one attached hydrogen (secondary N) is 1. The Morgan fingerprint density at radius 3 is 2.64 bits per heavy atom. The van der Waals surface area contributed by atoms with Gasteiger partial charge in [0, 0.05) is 0 Å². The number of hydrogen-bond donors (Lipinski definition) is 1. The molecular weight excluding hydrogens is 284 g/mol. The number of urea groups is 1. The van der Waals surface area contributed by atoms with E-state index in [9.17, 15) is 14.4 Å². The minimum absolute atomic E-state index is 0.297. The molecule has 2 rings (SSSR count). The van der Waals surface area contributed by atoms with Gasteiger partial charge in [-0.2, -0.15) is 0 Å². The topological polar surface area (TPSA) is 75.7 Å². The van der Waals surface area contributed by atoms with Crippen LogP contribution in [0.15, 0.2) is 30.3 Å². The van der Waals surface area contributed by atoms with Crippen molar-refractivity contribution in [3.63, 3.8) is 0 Å². The van der Waals surface area contributed by atoms with Crippen molar-refractivity contribution >= 4 is 17.9 Å². The molecule has 6 nitrogen and oxygen atoms in total. The third-order valence-electron chi connectivity index (χ3n) is 3.57. The summed E-state index contributed by atoms with van der Waals surface area (Å²) in [6.07, 6.45) is 1.66. The third-order valence-corrected chi connectivity index (χ3v) is 3.57. The molecule has 0 radical (unpaired) electrons. The van der Waals surface area contributed by atoms with E-state index in [1.165, 1.54) is 6.92 Å². The second-order valence-electron chi connectivity index (χ2n) is 5.20. The zero-order valence-electron chi connectivity index (χ0n) is 12.7. The molecule has 1 fully saturated rings. The van der Waals surface area contributed by atoms with Gasteiger partial charge >= 0.3 is 12.0 Å². The second-order valence-corrected chi connectivity index (χ2v) is 5.20. The molecule has 0 aliphatic carbocycles. The molecule has 0 saturated carbocycles. The third kappa shape index (κ3) is 3.27. The van der Waals surface area contributed by atoms with Crippen LogP contribution in [0.4, 0.5) is 4.79 Å². The molecule has 1 aromatic rings. The number of hydrogen-bond acceptors (Lipinski definition) is 4. The van der Waals surface area contributed by atoms with E-state index in [1.54, 1.807) is 24.3 Å². The molecule has 1 heterocycles. The van der Waals surface area contributed by atoms with Crippen LogP contribution in [0.25, 0.3) is 0 Å². The normalized spacial score (nSPS) is 19.0. The van der Waals surface area contributed by atoms with E-state index in [-0.39, 0.29) is 0 Å². The summed E-state index contributed by atoms with van der Waals surface area (Å²) in [6.45, 7) is 3.78. The minimum atomic E-state index is -0.932. The molecule has 1 aromatic carbocycles. The summed E-state index contributed by atoms with van der Waals surface area (Å²) in [5.74, 6) is -0.998. The fraction of sp³-hybridized carbons (Fsp3) is 0.438. The first-order valence-corrected chi connectivity index (χ1v) is 7.41. The maximum atomic E-state index is 12.4. The summed E-state index contributed by atoms with van der Waals surface area (Å²) in [5, 5.41) is 2.60. The first kappa shape index (κ1) is 16.0. The smallest absolute Gasteiger partial charge is 0.329 e. The zero-order valence-corrected chi connectivity index (χ0v) is 12.7. The van der Waals surface area contributed by atoms with Gasteiger partial charge in [-0.25, -0.2) is 14.5 Å². The van der Waals surface area contributed by atoms with E-state index in [0.717, 1.165) is 17.7 Å². The average Bonchev–Trinajstić information content (AvgIpc) is 2.82. The maximum absolute atomic E-state index is 12.4. The van der Waals surface area contributed by atoms with Crippen LogP contribution in [0.5, 0.6) is 0 Å². The Bertz CT molecular complexity index is 559. The number of esters is 1. The number of nitrogens with zero attached hydrogens (tertiary/aromatic N) is 1. The molecule has 2 atom stereocenters. The van der Waals surface area contributed by atoms with Crippen molar-refractivity contribution in [1.29, 1.82) is 0 Å². The highest BCUT2D eigenvalue weighted by atomic mass is 16.5. The molecule has 2 unspecified atom stereocenters. The first-order valence-electron chi connectivity index (χ1n) is 7.41. The largest absolute Gasteiger partial charge is 0.464 e. The fourth-order valence-corrected chi connectivity index (χ4v) is 2.28. The number of carbonyl (C=O) groups is 3. The highest BCUT2D eigenvalue weighted by Gasteiger charge is 2.43. The number of ether oxygens (including phenoxy) is 1. The van der Waals surface area contributed by atoms with Gasteiger partial charge in [0.05, 0.1) is 6.61 Å². The van der Waals surface area contributed by atoms with Crippen molar-refractivity contribution < 1.29 is 19.1 Å². The van der Waals surface area contributed by atoms with E-state index in [2.05, 4.69) is 5.32 Å². The van der Waals surface area contributed by atoms with Crippen molar-refractivity contribution in [2.24, 2.45) is 0 Å².